The van der Waals surface area contributed by atoms with Gasteiger partial charge in [0, 0.05) is 6.07 Å². The summed E-state index contributed by atoms with van der Waals surface area (Å²) in [6.07, 6.45) is 1.30. The number of nitrogens with zero attached hydrogens (tertiary/aromatic N) is 2. The molecule has 1 atom stereocenters. The second-order valence-corrected chi connectivity index (χ2v) is 3.08. The van der Waals surface area contributed by atoms with Gasteiger partial charge in [0.1, 0.15) is 18.2 Å². The molecule has 0 aliphatic carbocycles. The Morgan fingerprint density at radius 3 is 2.94 bits per heavy atom. The number of ether oxygens (including phenoxy) is 2. The van der Waals surface area contributed by atoms with Crippen molar-refractivity contribution in [2.45, 2.75) is 13.0 Å². The van der Waals surface area contributed by atoms with Crippen LogP contribution < -0.4 is 10.1 Å². The number of hydrogen-bond acceptors (Lipinski definition) is 7. The number of aliphatic hydroxyl groups excluding tert-OH is 1. The van der Waals surface area contributed by atoms with Gasteiger partial charge in [0.05, 0.1) is 20.3 Å². The minimum absolute atomic E-state index is 0.382. The van der Waals surface area contributed by atoms with E-state index >= 15 is 0 Å². The molecule has 1 rings (SSSR count). The summed E-state index contributed by atoms with van der Waals surface area (Å²) in [6, 6.07) is 0.680. The Hall–Kier alpha value is -1.89. The van der Waals surface area contributed by atoms with Gasteiger partial charge in [-0.1, -0.05) is 0 Å². The summed E-state index contributed by atoms with van der Waals surface area (Å²) in [5.74, 6) is 0.212. The predicted molar refractivity (Wildman–Crippen MR) is 59.7 cm³/mol. The van der Waals surface area contributed by atoms with Crippen LogP contribution in [0.15, 0.2) is 12.4 Å². The van der Waals surface area contributed by atoms with Gasteiger partial charge < -0.3 is 19.9 Å². The Kier molecular flexibility index (Phi) is 5.15. The Morgan fingerprint density at radius 1 is 1.59 bits per heavy atom. The van der Waals surface area contributed by atoms with Gasteiger partial charge in [-0.15, -0.1) is 0 Å². The molecule has 1 aromatic heterocycles. The summed E-state index contributed by atoms with van der Waals surface area (Å²) < 4.78 is 9.70. The Labute approximate surface area is 98.8 Å². The van der Waals surface area contributed by atoms with Crippen LogP contribution >= 0.6 is 0 Å². The molecule has 0 spiro atoms. The minimum Gasteiger partial charge on any atom is -0.478 e. The average molecular weight is 241 g/mol. The van der Waals surface area contributed by atoms with Crippen molar-refractivity contribution in [3.8, 4) is 5.88 Å². The lowest BCUT2D eigenvalue weighted by molar-refractivity contribution is -0.142. The van der Waals surface area contributed by atoms with Gasteiger partial charge in [-0.25, -0.2) is 14.8 Å². The number of rotatable bonds is 6. The van der Waals surface area contributed by atoms with Crippen molar-refractivity contribution in [3.63, 3.8) is 0 Å². The first-order valence-electron chi connectivity index (χ1n) is 5.11. The summed E-state index contributed by atoms with van der Waals surface area (Å²) in [5.41, 5.74) is 0. The van der Waals surface area contributed by atoms with Crippen LogP contribution in [0.4, 0.5) is 5.82 Å². The molecule has 0 bridgehead atoms. The lowest BCUT2D eigenvalue weighted by Gasteiger charge is -2.14. The molecule has 0 saturated carbocycles. The van der Waals surface area contributed by atoms with Crippen molar-refractivity contribution in [1.29, 1.82) is 0 Å². The molecule has 0 aliphatic rings. The van der Waals surface area contributed by atoms with Crippen LogP contribution in [-0.2, 0) is 9.53 Å². The monoisotopic (exact) mass is 241 g/mol. The number of anilines is 1. The van der Waals surface area contributed by atoms with Crippen LogP contribution in [0.3, 0.4) is 0 Å². The first-order chi connectivity index (χ1) is 8.21. The molecule has 0 amide bonds. The van der Waals surface area contributed by atoms with E-state index < -0.39 is 12.0 Å². The summed E-state index contributed by atoms with van der Waals surface area (Å²) >= 11 is 0. The van der Waals surface area contributed by atoms with E-state index in [0.29, 0.717) is 18.3 Å². The summed E-state index contributed by atoms with van der Waals surface area (Å²) in [5, 5.41) is 11.7. The van der Waals surface area contributed by atoms with Crippen molar-refractivity contribution >= 4 is 11.8 Å². The fourth-order valence-electron chi connectivity index (χ4n) is 1.15. The van der Waals surface area contributed by atoms with Gasteiger partial charge in [-0.3, -0.25) is 0 Å². The molecule has 7 heteroatoms. The summed E-state index contributed by atoms with van der Waals surface area (Å²) in [7, 11) is 1.25. The van der Waals surface area contributed by atoms with Gasteiger partial charge in [-0.2, -0.15) is 0 Å². The van der Waals surface area contributed by atoms with Crippen molar-refractivity contribution in [3.05, 3.63) is 12.4 Å². The molecular weight excluding hydrogens is 226 g/mol. The van der Waals surface area contributed by atoms with Crippen LogP contribution in [-0.4, -0.2) is 47.4 Å². The molecule has 0 saturated heterocycles. The Balaban J connectivity index is 2.72. The number of aliphatic hydroxyl groups is 1. The maximum Gasteiger partial charge on any atom is 0.330 e. The quantitative estimate of drug-likeness (QED) is 0.667. The number of carbonyl (C=O) groups is 1. The molecule has 0 radical (unpaired) electrons. The van der Waals surface area contributed by atoms with Gasteiger partial charge in [-0.05, 0) is 6.92 Å². The lowest BCUT2D eigenvalue weighted by Crippen LogP contribution is -2.34. The highest BCUT2D eigenvalue weighted by atomic mass is 16.5. The van der Waals surface area contributed by atoms with Crippen LogP contribution in [0, 0.1) is 0 Å². The molecule has 1 aromatic rings. The number of aromatic nitrogens is 2. The van der Waals surface area contributed by atoms with E-state index in [2.05, 4.69) is 20.0 Å². The van der Waals surface area contributed by atoms with Crippen LogP contribution in [0.2, 0.25) is 0 Å². The van der Waals surface area contributed by atoms with Crippen molar-refractivity contribution in [1.82, 2.24) is 9.97 Å². The maximum absolute atomic E-state index is 11.2. The first-order valence-corrected chi connectivity index (χ1v) is 5.11. The number of methoxy groups -OCH3 is 1. The van der Waals surface area contributed by atoms with Crippen LogP contribution in [0.25, 0.3) is 0 Å². The smallest absolute Gasteiger partial charge is 0.330 e. The molecular formula is C10H15N3O4. The van der Waals surface area contributed by atoms with Crippen LogP contribution in [0.5, 0.6) is 5.88 Å². The second-order valence-electron chi connectivity index (χ2n) is 3.08. The average Bonchev–Trinajstić information content (AvgIpc) is 2.36. The first kappa shape index (κ1) is 13.2. The Morgan fingerprint density at radius 2 is 2.35 bits per heavy atom. The van der Waals surface area contributed by atoms with E-state index in [9.17, 15) is 4.79 Å². The van der Waals surface area contributed by atoms with Gasteiger partial charge in [0.15, 0.2) is 0 Å². The van der Waals surface area contributed by atoms with Gasteiger partial charge in [0.2, 0.25) is 5.88 Å². The van der Waals surface area contributed by atoms with E-state index in [-0.39, 0.29) is 6.61 Å². The normalized spacial score (nSPS) is 11.7. The van der Waals surface area contributed by atoms with E-state index in [1.54, 1.807) is 0 Å². The molecule has 7 nitrogen and oxygen atoms in total. The third-order valence-corrected chi connectivity index (χ3v) is 1.92. The molecule has 0 aromatic carbocycles. The standard InChI is InChI=1S/C10H15N3O4/c1-3-17-9-4-8(11-6-12-9)13-7(5-14)10(15)16-2/h4,6-7,14H,3,5H2,1-2H3,(H,11,12,13). The zero-order valence-corrected chi connectivity index (χ0v) is 9.71. The molecule has 0 aliphatic heterocycles. The summed E-state index contributed by atoms with van der Waals surface area (Å²) in [4.78, 5) is 19.0. The highest BCUT2D eigenvalue weighted by Crippen LogP contribution is 2.12. The van der Waals surface area contributed by atoms with E-state index in [1.165, 1.54) is 19.5 Å². The minimum atomic E-state index is -0.857. The molecule has 94 valence electrons. The molecule has 1 heterocycles. The fourth-order valence-corrected chi connectivity index (χ4v) is 1.15. The molecule has 0 fully saturated rings. The molecule has 2 N–H and O–H groups in total. The van der Waals surface area contributed by atoms with Crippen molar-refractivity contribution < 1.29 is 19.4 Å². The van der Waals surface area contributed by atoms with Gasteiger partial charge >= 0.3 is 5.97 Å². The van der Waals surface area contributed by atoms with Crippen LogP contribution in [0.1, 0.15) is 6.92 Å². The number of carbonyl (C=O) groups excluding carboxylic acids is 1. The molecule has 17 heavy (non-hydrogen) atoms. The predicted octanol–water partition coefficient (Wildman–Crippen LogP) is -0.179. The third kappa shape index (κ3) is 3.87. The Bertz CT molecular complexity index is 372. The second kappa shape index (κ2) is 6.64. The number of esters is 1. The third-order valence-electron chi connectivity index (χ3n) is 1.92. The largest absolute Gasteiger partial charge is 0.478 e. The highest BCUT2D eigenvalue weighted by molar-refractivity contribution is 5.78. The van der Waals surface area contributed by atoms with Crippen molar-refractivity contribution in [2.24, 2.45) is 0 Å². The number of hydrogen-bond donors (Lipinski definition) is 2. The molecule has 1 unspecified atom stereocenters. The zero-order valence-electron chi connectivity index (χ0n) is 9.71. The van der Waals surface area contributed by atoms with Crippen molar-refractivity contribution in [2.75, 3.05) is 25.6 Å². The zero-order chi connectivity index (χ0) is 12.7. The van der Waals surface area contributed by atoms with E-state index in [0.717, 1.165) is 0 Å². The summed E-state index contributed by atoms with van der Waals surface area (Å²) in [6.45, 7) is 1.93. The highest BCUT2D eigenvalue weighted by Gasteiger charge is 2.18. The van der Waals surface area contributed by atoms with Gasteiger partial charge in [0.25, 0.3) is 0 Å². The van der Waals surface area contributed by atoms with E-state index in [4.69, 9.17) is 9.84 Å². The number of nitrogens with one attached hydrogen (secondary N) is 1. The fraction of sp³-hybridized carbons (Fsp3) is 0.500. The lowest BCUT2D eigenvalue weighted by atomic mass is 10.3. The van der Waals surface area contributed by atoms with E-state index in [1.807, 2.05) is 6.92 Å². The maximum atomic E-state index is 11.2. The topological polar surface area (TPSA) is 93.6 Å². The SMILES string of the molecule is CCOc1cc(NC(CO)C(=O)OC)ncn1.